The number of likely N-dealkylation sites (N-methyl/N-ethyl adjacent to an activating group) is 1. The van der Waals surface area contributed by atoms with Crippen LogP contribution in [0.1, 0.15) is 41.7 Å². The Hall–Kier alpha value is -1.75. The summed E-state index contributed by atoms with van der Waals surface area (Å²) in [6.07, 6.45) is 5.46. The molecule has 2 rings (SSSR count). The Morgan fingerprint density at radius 2 is 1.95 bits per heavy atom. The summed E-state index contributed by atoms with van der Waals surface area (Å²) in [4.78, 5) is 22.8. The van der Waals surface area contributed by atoms with E-state index < -0.39 is 0 Å². The minimum atomic E-state index is -0.114. The van der Waals surface area contributed by atoms with Gasteiger partial charge in [-0.2, -0.15) is 0 Å². The average Bonchev–Trinajstić information content (AvgIpc) is 2.90. The largest absolute Gasteiger partial charge is 0.351 e. The van der Waals surface area contributed by atoms with Gasteiger partial charge in [0.05, 0.1) is 10.6 Å². The molecular weight excluding hydrogens is 282 g/mol. The molecular formula is C16H21N3OS. The highest BCUT2D eigenvalue weighted by Gasteiger charge is 2.24. The van der Waals surface area contributed by atoms with E-state index in [1.807, 2.05) is 19.2 Å². The van der Waals surface area contributed by atoms with Gasteiger partial charge in [0, 0.05) is 31.4 Å². The molecule has 2 heterocycles. The fourth-order valence-electron chi connectivity index (χ4n) is 2.04. The van der Waals surface area contributed by atoms with E-state index in [0.717, 1.165) is 35.0 Å². The lowest BCUT2D eigenvalue weighted by molar-refractivity contribution is 0.112. The lowest BCUT2D eigenvalue weighted by Crippen LogP contribution is -2.21. The Morgan fingerprint density at radius 3 is 2.48 bits per heavy atom. The van der Waals surface area contributed by atoms with E-state index in [9.17, 15) is 4.79 Å². The van der Waals surface area contributed by atoms with Gasteiger partial charge in [-0.3, -0.25) is 9.78 Å². The maximum Gasteiger partial charge on any atom is 0.185 e. The van der Waals surface area contributed by atoms with Crippen LogP contribution in [0.15, 0.2) is 24.5 Å². The fraction of sp³-hybridized carbons (Fsp3) is 0.438. The average molecular weight is 303 g/mol. The molecule has 21 heavy (non-hydrogen) atoms. The van der Waals surface area contributed by atoms with Crippen molar-refractivity contribution in [2.75, 3.05) is 18.5 Å². The molecule has 0 aliphatic carbocycles. The molecule has 0 amide bonds. The third-order valence-electron chi connectivity index (χ3n) is 3.27. The number of nitrogens with zero attached hydrogens (tertiary/aromatic N) is 3. The van der Waals surface area contributed by atoms with Gasteiger partial charge in [0.15, 0.2) is 11.4 Å². The summed E-state index contributed by atoms with van der Waals surface area (Å²) in [5, 5.41) is 0.899. The number of carbonyl (C=O) groups is 1. The zero-order valence-electron chi connectivity index (χ0n) is 13.0. The second-order valence-corrected chi connectivity index (χ2v) is 7.11. The number of carbonyl (C=O) groups excluding carboxylic acids is 1. The van der Waals surface area contributed by atoms with Gasteiger partial charge in [-0.1, -0.05) is 32.1 Å². The summed E-state index contributed by atoms with van der Waals surface area (Å²) >= 11 is 1.46. The third-order valence-corrected chi connectivity index (χ3v) is 4.37. The van der Waals surface area contributed by atoms with Gasteiger partial charge in [-0.05, 0) is 24.1 Å². The molecule has 0 saturated heterocycles. The molecule has 0 aliphatic heterocycles. The van der Waals surface area contributed by atoms with Crippen LogP contribution in [0.2, 0.25) is 0 Å². The van der Waals surface area contributed by atoms with Gasteiger partial charge < -0.3 is 4.90 Å². The van der Waals surface area contributed by atoms with Gasteiger partial charge in [0.1, 0.15) is 0 Å². The molecule has 5 heteroatoms. The molecule has 112 valence electrons. The highest BCUT2D eigenvalue weighted by Crippen LogP contribution is 2.32. The van der Waals surface area contributed by atoms with Crippen LogP contribution in [0, 0.1) is 0 Å². The van der Waals surface area contributed by atoms with Crippen molar-refractivity contribution in [3.05, 3.63) is 40.7 Å². The number of aromatic nitrogens is 2. The molecule has 4 nitrogen and oxygen atoms in total. The predicted octanol–water partition coefficient (Wildman–Crippen LogP) is 3.33. The van der Waals surface area contributed by atoms with Crippen molar-refractivity contribution in [3.63, 3.8) is 0 Å². The minimum absolute atomic E-state index is 0.114. The quantitative estimate of drug-likeness (QED) is 0.795. The summed E-state index contributed by atoms with van der Waals surface area (Å²) in [5.41, 5.74) is 2.02. The normalized spacial score (nSPS) is 11.4. The number of aldehydes is 1. The lowest BCUT2D eigenvalue weighted by Gasteiger charge is -2.17. The first kappa shape index (κ1) is 15.6. The van der Waals surface area contributed by atoms with Crippen molar-refractivity contribution in [3.8, 4) is 0 Å². The van der Waals surface area contributed by atoms with E-state index in [1.165, 1.54) is 16.9 Å². The maximum atomic E-state index is 11.2. The van der Waals surface area contributed by atoms with Crippen molar-refractivity contribution in [1.29, 1.82) is 0 Å². The lowest BCUT2D eigenvalue weighted by atomic mass is 9.91. The van der Waals surface area contributed by atoms with E-state index in [2.05, 4.69) is 35.6 Å². The zero-order valence-corrected chi connectivity index (χ0v) is 13.8. The highest BCUT2D eigenvalue weighted by molar-refractivity contribution is 7.17. The minimum Gasteiger partial charge on any atom is -0.351 e. The summed E-state index contributed by atoms with van der Waals surface area (Å²) in [6.45, 7) is 7.10. The van der Waals surface area contributed by atoms with E-state index >= 15 is 0 Å². The van der Waals surface area contributed by atoms with Crippen molar-refractivity contribution < 1.29 is 4.79 Å². The summed E-state index contributed by atoms with van der Waals surface area (Å²) in [7, 11) is 2.01. The molecule has 2 aromatic heterocycles. The van der Waals surface area contributed by atoms with Crippen molar-refractivity contribution >= 4 is 22.8 Å². The Labute approximate surface area is 129 Å². The van der Waals surface area contributed by atoms with Gasteiger partial charge in [-0.25, -0.2) is 4.98 Å². The van der Waals surface area contributed by atoms with Crippen LogP contribution in [0.3, 0.4) is 0 Å². The second-order valence-electron chi connectivity index (χ2n) is 6.10. The SMILES string of the molecule is CN(CCc1ccncc1)c1nc(C(C)(C)C)c(C=O)s1. The molecule has 0 aromatic carbocycles. The van der Waals surface area contributed by atoms with Crippen LogP contribution in [-0.2, 0) is 11.8 Å². The molecule has 0 radical (unpaired) electrons. The van der Waals surface area contributed by atoms with Crippen molar-refractivity contribution in [2.45, 2.75) is 32.6 Å². The first-order valence-corrected chi connectivity index (χ1v) is 7.80. The molecule has 0 saturated carbocycles. The van der Waals surface area contributed by atoms with Gasteiger partial charge in [-0.15, -0.1) is 0 Å². The molecule has 0 unspecified atom stereocenters. The zero-order chi connectivity index (χ0) is 15.5. The number of rotatable bonds is 5. The van der Waals surface area contributed by atoms with Crippen LogP contribution < -0.4 is 4.90 Å². The molecule has 0 fully saturated rings. The van der Waals surface area contributed by atoms with Crippen LogP contribution >= 0.6 is 11.3 Å². The number of hydrogen-bond donors (Lipinski definition) is 0. The molecule has 0 aliphatic rings. The Balaban J connectivity index is 2.11. The number of anilines is 1. The molecule has 0 spiro atoms. The van der Waals surface area contributed by atoms with Gasteiger partial charge >= 0.3 is 0 Å². The molecule has 0 atom stereocenters. The smallest absolute Gasteiger partial charge is 0.185 e. The van der Waals surface area contributed by atoms with E-state index in [-0.39, 0.29) is 5.41 Å². The van der Waals surface area contributed by atoms with Crippen LogP contribution in [0.5, 0.6) is 0 Å². The van der Waals surface area contributed by atoms with Crippen molar-refractivity contribution in [1.82, 2.24) is 9.97 Å². The van der Waals surface area contributed by atoms with Gasteiger partial charge in [0.2, 0.25) is 0 Å². The van der Waals surface area contributed by atoms with E-state index in [4.69, 9.17) is 0 Å². The molecule has 0 bridgehead atoms. The molecule has 0 N–H and O–H groups in total. The van der Waals surface area contributed by atoms with E-state index in [1.54, 1.807) is 12.4 Å². The fourth-order valence-corrected chi connectivity index (χ4v) is 3.12. The standard InChI is InChI=1S/C16H21N3OS/c1-16(2,3)14-13(11-20)21-15(18-14)19(4)10-7-12-5-8-17-9-6-12/h5-6,8-9,11H,7,10H2,1-4H3. The van der Waals surface area contributed by atoms with Crippen LogP contribution in [0.25, 0.3) is 0 Å². The predicted molar refractivity (Wildman–Crippen MR) is 87.4 cm³/mol. The van der Waals surface area contributed by atoms with Crippen molar-refractivity contribution in [2.24, 2.45) is 0 Å². The summed E-state index contributed by atoms with van der Waals surface area (Å²) < 4.78 is 0. The first-order valence-electron chi connectivity index (χ1n) is 6.98. The Morgan fingerprint density at radius 1 is 1.29 bits per heavy atom. The number of hydrogen-bond acceptors (Lipinski definition) is 5. The summed E-state index contributed by atoms with van der Waals surface area (Å²) in [5.74, 6) is 0. The highest BCUT2D eigenvalue weighted by atomic mass is 32.1. The second kappa shape index (κ2) is 6.35. The van der Waals surface area contributed by atoms with Crippen LogP contribution in [0.4, 0.5) is 5.13 Å². The maximum absolute atomic E-state index is 11.2. The van der Waals surface area contributed by atoms with E-state index in [0.29, 0.717) is 0 Å². The Kier molecular flexibility index (Phi) is 4.73. The van der Waals surface area contributed by atoms with Crippen LogP contribution in [-0.4, -0.2) is 29.8 Å². The first-order chi connectivity index (χ1) is 9.91. The third kappa shape index (κ3) is 3.88. The topological polar surface area (TPSA) is 46.1 Å². The monoisotopic (exact) mass is 303 g/mol. The Bertz CT molecular complexity index is 602. The number of pyridine rings is 1. The molecule has 2 aromatic rings. The number of thiazole rings is 1. The van der Waals surface area contributed by atoms with Gasteiger partial charge in [0.25, 0.3) is 0 Å². The summed E-state index contributed by atoms with van der Waals surface area (Å²) in [6, 6.07) is 4.04.